The fourth-order valence-corrected chi connectivity index (χ4v) is 3.76. The highest BCUT2D eigenvalue weighted by Crippen LogP contribution is 2.22. The van der Waals surface area contributed by atoms with Crippen LogP contribution in [0.1, 0.15) is 17.1 Å². The van der Waals surface area contributed by atoms with E-state index in [4.69, 9.17) is 11.6 Å². The molecule has 7 heteroatoms. The van der Waals surface area contributed by atoms with Gasteiger partial charge in [0.15, 0.2) is 0 Å². The summed E-state index contributed by atoms with van der Waals surface area (Å²) in [6, 6.07) is 11.7. The van der Waals surface area contributed by atoms with Gasteiger partial charge in [0.05, 0.1) is 32.5 Å². The summed E-state index contributed by atoms with van der Waals surface area (Å²) < 4.78 is 3.01. The Morgan fingerprint density at radius 2 is 2.04 bits per heavy atom. The summed E-state index contributed by atoms with van der Waals surface area (Å²) in [4.78, 5) is 21.1. The molecule has 4 aromatic rings. The van der Waals surface area contributed by atoms with Gasteiger partial charge in [0.2, 0.25) is 5.91 Å². The van der Waals surface area contributed by atoms with Gasteiger partial charge in [0, 0.05) is 25.2 Å². The average molecular weight is 371 g/mol. The number of fused-ring (bicyclic) bond motifs is 2. The minimum absolute atomic E-state index is 0.00524. The quantitative estimate of drug-likeness (QED) is 0.580. The first kappa shape index (κ1) is 16.1. The Morgan fingerprint density at radius 1 is 1.16 bits per heavy atom. The second-order valence-corrected chi connectivity index (χ2v) is 7.25. The number of hydrogen-bond donors (Lipinski definition) is 1. The van der Waals surface area contributed by atoms with Crippen molar-refractivity contribution in [2.24, 2.45) is 0 Å². The number of carbonyl (C=O) groups is 1. The number of benzene rings is 1. The topological polar surface area (TPSA) is 59.3 Å². The van der Waals surface area contributed by atoms with E-state index < -0.39 is 0 Å². The lowest BCUT2D eigenvalue weighted by molar-refractivity contribution is -0.121. The van der Waals surface area contributed by atoms with Crippen molar-refractivity contribution in [3.05, 3.63) is 64.5 Å². The molecule has 0 bridgehead atoms. The van der Waals surface area contributed by atoms with Gasteiger partial charge in [-0.2, -0.15) is 0 Å². The Labute approximate surface area is 153 Å². The van der Waals surface area contributed by atoms with Crippen LogP contribution in [-0.2, 0) is 17.8 Å². The van der Waals surface area contributed by atoms with Crippen molar-refractivity contribution in [1.29, 1.82) is 0 Å². The smallest absolute Gasteiger partial charge is 0.220 e. The number of hydrogen-bond acceptors (Lipinski definition) is 4. The summed E-state index contributed by atoms with van der Waals surface area (Å²) in [5.41, 5.74) is 2.60. The van der Waals surface area contributed by atoms with E-state index >= 15 is 0 Å². The van der Waals surface area contributed by atoms with Crippen LogP contribution in [0.5, 0.6) is 0 Å². The van der Waals surface area contributed by atoms with E-state index in [0.717, 1.165) is 26.6 Å². The van der Waals surface area contributed by atoms with Crippen molar-refractivity contribution in [3.8, 4) is 0 Å². The van der Waals surface area contributed by atoms with E-state index in [-0.39, 0.29) is 5.91 Å². The largest absolute Gasteiger partial charge is 0.350 e. The lowest BCUT2D eigenvalue weighted by Crippen LogP contribution is -2.23. The Balaban J connectivity index is 1.33. The summed E-state index contributed by atoms with van der Waals surface area (Å²) in [6.45, 7) is 0.401. The molecule has 0 fully saturated rings. The van der Waals surface area contributed by atoms with Gasteiger partial charge in [-0.05, 0) is 24.3 Å². The lowest BCUT2D eigenvalue weighted by Gasteiger charge is -2.01. The highest BCUT2D eigenvalue weighted by molar-refractivity contribution is 7.18. The fraction of sp³-hybridized carbons (Fsp3) is 0.167. The highest BCUT2D eigenvalue weighted by atomic mass is 35.5. The van der Waals surface area contributed by atoms with Gasteiger partial charge in [-0.15, -0.1) is 11.3 Å². The van der Waals surface area contributed by atoms with Crippen LogP contribution in [-0.4, -0.2) is 20.3 Å². The summed E-state index contributed by atoms with van der Waals surface area (Å²) in [6.07, 6.45) is 4.72. The number of pyridine rings is 1. The summed E-state index contributed by atoms with van der Waals surface area (Å²) in [5.74, 6) is -0.00524. The van der Waals surface area contributed by atoms with Crippen molar-refractivity contribution in [2.45, 2.75) is 19.4 Å². The average Bonchev–Trinajstić information content (AvgIpc) is 3.20. The van der Waals surface area contributed by atoms with Crippen LogP contribution < -0.4 is 5.32 Å². The van der Waals surface area contributed by atoms with Crippen molar-refractivity contribution < 1.29 is 4.79 Å². The first-order valence-corrected chi connectivity index (χ1v) is 9.11. The molecule has 0 saturated heterocycles. The van der Waals surface area contributed by atoms with Gasteiger partial charge in [0.1, 0.15) is 5.65 Å². The number of nitrogens with one attached hydrogen (secondary N) is 1. The number of thiazole rings is 1. The van der Waals surface area contributed by atoms with Gasteiger partial charge in [-0.3, -0.25) is 4.79 Å². The van der Waals surface area contributed by atoms with Crippen LogP contribution in [0.15, 0.2) is 48.8 Å². The van der Waals surface area contributed by atoms with E-state index in [0.29, 0.717) is 24.4 Å². The SMILES string of the molecule is O=C(CCc1nc2ccccc2s1)NCc1cn2cc(Cl)ccc2n1. The first-order chi connectivity index (χ1) is 12.2. The van der Waals surface area contributed by atoms with Crippen molar-refractivity contribution in [2.75, 3.05) is 0 Å². The molecule has 0 saturated carbocycles. The molecular weight excluding hydrogens is 356 g/mol. The molecule has 0 radical (unpaired) electrons. The third-order valence-corrected chi connectivity index (χ3v) is 5.16. The van der Waals surface area contributed by atoms with E-state index in [1.807, 2.05) is 40.9 Å². The van der Waals surface area contributed by atoms with Gasteiger partial charge in [-0.1, -0.05) is 23.7 Å². The Kier molecular flexibility index (Phi) is 4.38. The maximum atomic E-state index is 12.1. The molecule has 0 atom stereocenters. The molecule has 5 nitrogen and oxygen atoms in total. The molecule has 4 rings (SSSR count). The Hall–Kier alpha value is -2.44. The van der Waals surface area contributed by atoms with Crippen LogP contribution in [0, 0.1) is 0 Å². The second kappa shape index (κ2) is 6.82. The maximum absolute atomic E-state index is 12.1. The van der Waals surface area contributed by atoms with E-state index in [2.05, 4.69) is 15.3 Å². The van der Waals surface area contributed by atoms with Gasteiger partial charge < -0.3 is 9.72 Å². The van der Waals surface area contributed by atoms with Gasteiger partial charge in [-0.25, -0.2) is 9.97 Å². The molecule has 126 valence electrons. The molecule has 3 aromatic heterocycles. The summed E-state index contributed by atoms with van der Waals surface area (Å²) >= 11 is 7.60. The molecule has 0 aliphatic rings. The van der Waals surface area contributed by atoms with E-state index in [9.17, 15) is 4.79 Å². The monoisotopic (exact) mass is 370 g/mol. The van der Waals surface area contributed by atoms with Gasteiger partial charge in [0.25, 0.3) is 0 Å². The number of rotatable bonds is 5. The molecule has 1 N–H and O–H groups in total. The normalized spacial score (nSPS) is 11.2. The third-order valence-electron chi connectivity index (χ3n) is 3.84. The molecule has 0 unspecified atom stereocenters. The molecule has 3 heterocycles. The Bertz CT molecular complexity index is 1020. The zero-order valence-electron chi connectivity index (χ0n) is 13.3. The second-order valence-electron chi connectivity index (χ2n) is 5.70. The molecule has 0 spiro atoms. The summed E-state index contributed by atoms with van der Waals surface area (Å²) in [7, 11) is 0. The number of aryl methyl sites for hydroxylation is 1. The van der Waals surface area contributed by atoms with Crippen LogP contribution in [0.3, 0.4) is 0 Å². The molecule has 0 aliphatic carbocycles. The van der Waals surface area contributed by atoms with Crippen molar-refractivity contribution >= 4 is 44.7 Å². The predicted molar refractivity (Wildman–Crippen MR) is 100.0 cm³/mol. The zero-order valence-corrected chi connectivity index (χ0v) is 14.8. The Morgan fingerprint density at radius 3 is 2.92 bits per heavy atom. The minimum atomic E-state index is -0.00524. The van der Waals surface area contributed by atoms with Gasteiger partial charge >= 0.3 is 0 Å². The number of nitrogens with zero attached hydrogens (tertiary/aromatic N) is 3. The van der Waals surface area contributed by atoms with Crippen LogP contribution in [0.4, 0.5) is 0 Å². The number of carbonyl (C=O) groups excluding carboxylic acids is 1. The number of halogens is 1. The number of amides is 1. The molecule has 0 aliphatic heterocycles. The molecule has 1 amide bonds. The fourth-order valence-electron chi connectivity index (χ4n) is 2.63. The number of imidazole rings is 1. The minimum Gasteiger partial charge on any atom is -0.350 e. The third kappa shape index (κ3) is 3.65. The first-order valence-electron chi connectivity index (χ1n) is 7.92. The molecule has 1 aromatic carbocycles. The number of para-hydroxylation sites is 1. The van der Waals surface area contributed by atoms with Crippen LogP contribution >= 0.6 is 22.9 Å². The zero-order chi connectivity index (χ0) is 17.2. The standard InChI is InChI=1S/C18H15ClN4OS/c19-12-5-6-16-21-13(11-23(16)10-12)9-20-17(24)7-8-18-22-14-3-1-2-4-15(14)25-18/h1-6,10-11H,7-9H2,(H,20,24). The van der Waals surface area contributed by atoms with E-state index in [1.165, 1.54) is 0 Å². The van der Waals surface area contributed by atoms with Crippen molar-refractivity contribution in [1.82, 2.24) is 19.7 Å². The number of aromatic nitrogens is 3. The highest BCUT2D eigenvalue weighted by Gasteiger charge is 2.08. The molecular formula is C18H15ClN4OS. The maximum Gasteiger partial charge on any atom is 0.220 e. The summed E-state index contributed by atoms with van der Waals surface area (Å²) in [5, 5.41) is 4.54. The van der Waals surface area contributed by atoms with E-state index in [1.54, 1.807) is 23.6 Å². The molecule has 25 heavy (non-hydrogen) atoms. The predicted octanol–water partition coefficient (Wildman–Crippen LogP) is 3.85. The lowest BCUT2D eigenvalue weighted by atomic mass is 10.3. The van der Waals surface area contributed by atoms with Crippen LogP contribution in [0.2, 0.25) is 5.02 Å². The van der Waals surface area contributed by atoms with Crippen molar-refractivity contribution in [3.63, 3.8) is 0 Å². The van der Waals surface area contributed by atoms with Crippen LogP contribution in [0.25, 0.3) is 15.9 Å².